The zero-order chi connectivity index (χ0) is 23.5. The molecule has 0 amide bonds. The lowest BCUT2D eigenvalue weighted by atomic mass is 9.98. The third-order valence-corrected chi connectivity index (χ3v) is 6.63. The minimum atomic E-state index is -1.60. The smallest absolute Gasteiger partial charge is 0.0719 e. The molecule has 0 saturated carbocycles. The van der Waals surface area contributed by atoms with Gasteiger partial charge in [0.25, 0.3) is 0 Å². The van der Waals surface area contributed by atoms with Gasteiger partial charge in [0.2, 0.25) is 0 Å². The summed E-state index contributed by atoms with van der Waals surface area (Å²) in [7, 11) is 0. The summed E-state index contributed by atoms with van der Waals surface area (Å²) in [5.41, 5.74) is 3.81. The van der Waals surface area contributed by atoms with E-state index in [0.717, 1.165) is 32.3 Å². The maximum absolute atomic E-state index is 8.40. The van der Waals surface area contributed by atoms with Crippen LogP contribution in [0.1, 0.15) is 41.9 Å². The van der Waals surface area contributed by atoms with Crippen LogP contribution in [0.3, 0.4) is 0 Å². The van der Waals surface area contributed by atoms with E-state index in [1.165, 1.54) is 15.5 Å². The predicted molar refractivity (Wildman–Crippen MR) is 133 cm³/mol. The maximum Gasteiger partial charge on any atom is 0.0719 e. The Bertz CT molecular complexity index is 1560. The number of hydrogen-bond donors (Lipinski definition) is 0. The molecule has 0 radical (unpaired) electrons. The van der Waals surface area contributed by atoms with Crippen molar-refractivity contribution in [2.45, 2.75) is 33.0 Å². The van der Waals surface area contributed by atoms with Crippen molar-refractivity contribution in [1.29, 1.82) is 0 Å². The summed E-state index contributed by atoms with van der Waals surface area (Å²) in [5.74, 6) is -0.637. The van der Waals surface area contributed by atoms with Crippen LogP contribution in [0.4, 0.5) is 0 Å². The Kier molecular flexibility index (Phi) is 3.89. The van der Waals surface area contributed by atoms with Crippen LogP contribution >= 0.6 is 11.3 Å². The maximum atomic E-state index is 8.40. The highest BCUT2D eigenvalue weighted by Crippen LogP contribution is 2.41. The van der Waals surface area contributed by atoms with Crippen LogP contribution < -0.4 is 0 Å². The van der Waals surface area contributed by atoms with E-state index in [-0.39, 0.29) is 0 Å². The first kappa shape index (κ1) is 15.8. The minimum absolute atomic E-state index is 0.474. The summed E-state index contributed by atoms with van der Waals surface area (Å²) in [5, 5.41) is 4.68. The molecular formula is C28H25NS. The highest BCUT2D eigenvalue weighted by atomic mass is 32.1. The van der Waals surface area contributed by atoms with Gasteiger partial charge in [0.05, 0.1) is 5.69 Å². The van der Waals surface area contributed by atoms with Gasteiger partial charge in [-0.15, -0.1) is 11.3 Å². The standard InChI is InChI=1S/C28H25NS/c1-17(2)12-19-10-11-29-26(13-19)24-7-5-6-23-25-15-21-9-8-20(18(3)4)14-22(21)16-27(25)30-28(23)24/h5-11,13-16,18H,1,12H2,2-4H3/i12D2,18D. The van der Waals surface area contributed by atoms with Gasteiger partial charge in [0.15, 0.2) is 0 Å². The fraction of sp³-hybridized carbons (Fsp3) is 0.179. The van der Waals surface area contributed by atoms with Gasteiger partial charge in [0, 0.05) is 36.0 Å². The Hall–Kier alpha value is -2.97. The first-order chi connectivity index (χ1) is 15.6. The third kappa shape index (κ3) is 3.32. The zero-order valence-electron chi connectivity index (χ0n) is 20.4. The second kappa shape index (κ2) is 7.37. The molecule has 0 atom stereocenters. The van der Waals surface area contributed by atoms with Gasteiger partial charge < -0.3 is 0 Å². The third-order valence-electron chi connectivity index (χ3n) is 5.43. The van der Waals surface area contributed by atoms with E-state index in [1.807, 2.05) is 32.0 Å². The molecule has 2 heteroatoms. The number of pyridine rings is 1. The van der Waals surface area contributed by atoms with Crippen LogP contribution in [0.25, 0.3) is 42.2 Å². The Morgan fingerprint density at radius 2 is 1.93 bits per heavy atom. The molecule has 0 saturated heterocycles. The van der Waals surface area contributed by atoms with Crippen molar-refractivity contribution >= 4 is 42.3 Å². The monoisotopic (exact) mass is 410 g/mol. The number of rotatable bonds is 4. The average Bonchev–Trinajstić information content (AvgIpc) is 3.14. The summed E-state index contributed by atoms with van der Waals surface area (Å²) in [6, 6.07) is 20.5. The van der Waals surface area contributed by atoms with Crippen molar-refractivity contribution in [1.82, 2.24) is 4.98 Å². The fourth-order valence-electron chi connectivity index (χ4n) is 3.96. The minimum Gasteiger partial charge on any atom is -0.256 e. The van der Waals surface area contributed by atoms with Crippen LogP contribution in [0.2, 0.25) is 0 Å². The van der Waals surface area contributed by atoms with E-state index < -0.39 is 12.3 Å². The summed E-state index contributed by atoms with van der Waals surface area (Å²) in [6.45, 7) is 9.37. The normalized spacial score (nSPS) is 14.0. The van der Waals surface area contributed by atoms with Crippen molar-refractivity contribution in [3.05, 3.63) is 90.1 Å². The van der Waals surface area contributed by atoms with Gasteiger partial charge in [-0.3, -0.25) is 4.98 Å². The van der Waals surface area contributed by atoms with Crippen molar-refractivity contribution in [3.8, 4) is 11.3 Å². The summed E-state index contributed by atoms with van der Waals surface area (Å²) in [4.78, 5) is 4.59. The molecular weight excluding hydrogens is 382 g/mol. The molecule has 2 heterocycles. The van der Waals surface area contributed by atoms with Gasteiger partial charge >= 0.3 is 0 Å². The van der Waals surface area contributed by atoms with Gasteiger partial charge in [-0.25, -0.2) is 0 Å². The van der Waals surface area contributed by atoms with E-state index in [2.05, 4.69) is 48.0 Å². The molecule has 5 rings (SSSR count). The van der Waals surface area contributed by atoms with Crippen LogP contribution in [0.15, 0.2) is 79.0 Å². The molecule has 1 nitrogen and oxygen atoms in total. The quantitative estimate of drug-likeness (QED) is 0.271. The number of fused-ring (bicyclic) bond motifs is 4. The predicted octanol–water partition coefficient (Wildman–Crippen LogP) is 8.51. The average molecular weight is 411 g/mol. The molecule has 0 bridgehead atoms. The number of thiophene rings is 1. The Labute approximate surface area is 185 Å². The largest absolute Gasteiger partial charge is 0.256 e. The second-order valence-corrected chi connectivity index (χ2v) is 9.08. The van der Waals surface area contributed by atoms with Crippen LogP contribution in [0, 0.1) is 0 Å². The highest BCUT2D eigenvalue weighted by molar-refractivity contribution is 7.26. The SMILES string of the molecule is [2H]C(C)(C)c1ccc2cc3c(cc2c1)sc1c(-c2cc(C([2H])([2H])C(=C)C)ccn2)cccc13. The van der Waals surface area contributed by atoms with Gasteiger partial charge in [-0.2, -0.15) is 0 Å². The Morgan fingerprint density at radius 3 is 2.73 bits per heavy atom. The number of benzene rings is 3. The van der Waals surface area contributed by atoms with E-state index >= 15 is 0 Å². The summed E-state index contributed by atoms with van der Waals surface area (Å²) >= 11 is 1.73. The van der Waals surface area contributed by atoms with Gasteiger partial charge in [0.1, 0.15) is 0 Å². The number of nitrogens with zero attached hydrogens (tertiary/aromatic N) is 1. The topological polar surface area (TPSA) is 12.9 Å². The Morgan fingerprint density at radius 1 is 1.07 bits per heavy atom. The van der Waals surface area contributed by atoms with Gasteiger partial charge in [-0.1, -0.05) is 62.4 Å². The zero-order valence-corrected chi connectivity index (χ0v) is 18.2. The van der Waals surface area contributed by atoms with Crippen molar-refractivity contribution < 1.29 is 4.11 Å². The highest BCUT2D eigenvalue weighted by Gasteiger charge is 2.13. The summed E-state index contributed by atoms with van der Waals surface area (Å²) < 4.78 is 27.5. The molecule has 0 unspecified atom stereocenters. The number of aromatic nitrogens is 1. The van der Waals surface area contributed by atoms with Crippen LogP contribution in [-0.2, 0) is 6.37 Å². The van der Waals surface area contributed by atoms with Crippen LogP contribution in [-0.4, -0.2) is 4.98 Å². The number of allylic oxidation sites excluding steroid dienone is 1. The fourth-order valence-corrected chi connectivity index (χ4v) is 5.21. The molecule has 5 aromatic rings. The Balaban J connectivity index is 1.72. The molecule has 0 aliphatic heterocycles. The first-order valence-electron chi connectivity index (χ1n) is 11.6. The molecule has 0 aliphatic rings. The molecule has 3 aromatic carbocycles. The van der Waals surface area contributed by atoms with Crippen molar-refractivity contribution in [3.63, 3.8) is 0 Å². The first-order valence-corrected chi connectivity index (χ1v) is 10.9. The second-order valence-electron chi connectivity index (χ2n) is 8.03. The molecule has 2 aromatic heterocycles. The van der Waals surface area contributed by atoms with Crippen molar-refractivity contribution in [2.75, 3.05) is 0 Å². The van der Waals surface area contributed by atoms with Gasteiger partial charge in [-0.05, 0) is 65.4 Å². The van der Waals surface area contributed by atoms with E-state index in [0.29, 0.717) is 11.1 Å². The number of hydrogen-bond acceptors (Lipinski definition) is 2. The molecule has 0 fully saturated rings. The molecule has 30 heavy (non-hydrogen) atoms. The molecule has 0 N–H and O–H groups in total. The lowest BCUT2D eigenvalue weighted by Gasteiger charge is -2.07. The van der Waals surface area contributed by atoms with E-state index in [1.54, 1.807) is 30.5 Å². The lowest BCUT2D eigenvalue weighted by molar-refractivity contribution is 0.869. The van der Waals surface area contributed by atoms with E-state index in [4.69, 9.17) is 4.11 Å². The summed E-state index contributed by atoms with van der Waals surface area (Å²) in [6.07, 6.45) is 0.0722. The van der Waals surface area contributed by atoms with Crippen LogP contribution in [0.5, 0.6) is 0 Å². The molecule has 0 aliphatic carbocycles. The molecule has 148 valence electrons. The van der Waals surface area contributed by atoms with E-state index in [9.17, 15) is 0 Å². The molecule has 0 spiro atoms. The lowest BCUT2D eigenvalue weighted by Crippen LogP contribution is -1.89. The van der Waals surface area contributed by atoms with Crippen molar-refractivity contribution in [2.24, 2.45) is 0 Å².